The smallest absolute Gasteiger partial charge is 0.237 e. The largest absolute Gasteiger partial charge is 0.355 e. The summed E-state index contributed by atoms with van der Waals surface area (Å²) in [5.41, 5.74) is 0. The third-order valence-electron chi connectivity index (χ3n) is 3.76. The molecule has 20 heavy (non-hydrogen) atoms. The lowest BCUT2D eigenvalue weighted by molar-refractivity contribution is -0.126. The van der Waals surface area contributed by atoms with Crippen molar-refractivity contribution in [2.45, 2.75) is 26.3 Å². The molecule has 1 saturated heterocycles. The standard InChI is InChI=1S/C15H24N4O/c1-3-7-17-15(20)13(2)18-9-11-19(12-10-18)14-6-4-5-8-16-14/h4-6,8,13H,3,7,9-12H2,1-2H3,(H,17,20). The minimum atomic E-state index is -0.0487. The zero-order valence-corrected chi connectivity index (χ0v) is 12.4. The molecule has 1 N–H and O–H groups in total. The van der Waals surface area contributed by atoms with Crippen LogP contribution in [0.2, 0.25) is 0 Å². The van der Waals surface area contributed by atoms with E-state index < -0.39 is 0 Å². The molecule has 1 aromatic rings. The zero-order valence-electron chi connectivity index (χ0n) is 12.4. The maximum atomic E-state index is 12.0. The summed E-state index contributed by atoms with van der Waals surface area (Å²) >= 11 is 0. The molecule has 1 aliphatic rings. The Kier molecular flexibility index (Phi) is 5.35. The summed E-state index contributed by atoms with van der Waals surface area (Å²) in [5, 5.41) is 2.97. The second kappa shape index (κ2) is 7.24. The van der Waals surface area contributed by atoms with Gasteiger partial charge in [-0.25, -0.2) is 4.98 Å². The molecule has 1 amide bonds. The van der Waals surface area contributed by atoms with E-state index in [1.807, 2.05) is 31.3 Å². The van der Waals surface area contributed by atoms with Gasteiger partial charge in [-0.05, 0) is 25.5 Å². The van der Waals surface area contributed by atoms with Crippen LogP contribution in [-0.4, -0.2) is 54.6 Å². The molecule has 1 aromatic heterocycles. The number of carbonyl (C=O) groups excluding carboxylic acids is 1. The van der Waals surface area contributed by atoms with Crippen molar-refractivity contribution in [3.63, 3.8) is 0 Å². The number of amides is 1. The summed E-state index contributed by atoms with van der Waals surface area (Å²) in [6.07, 6.45) is 2.80. The fraction of sp³-hybridized carbons (Fsp3) is 0.600. The Balaban J connectivity index is 1.83. The number of anilines is 1. The van der Waals surface area contributed by atoms with Crippen LogP contribution >= 0.6 is 0 Å². The lowest BCUT2D eigenvalue weighted by Crippen LogP contribution is -2.54. The Bertz CT molecular complexity index is 415. The molecule has 1 aliphatic heterocycles. The van der Waals surface area contributed by atoms with Gasteiger partial charge in [-0.2, -0.15) is 0 Å². The van der Waals surface area contributed by atoms with E-state index in [9.17, 15) is 4.79 Å². The van der Waals surface area contributed by atoms with Crippen LogP contribution < -0.4 is 10.2 Å². The van der Waals surface area contributed by atoms with Gasteiger partial charge in [0.15, 0.2) is 0 Å². The summed E-state index contributed by atoms with van der Waals surface area (Å²) in [5.74, 6) is 1.16. The molecular formula is C15H24N4O. The Morgan fingerprint density at radius 1 is 1.35 bits per heavy atom. The summed E-state index contributed by atoms with van der Waals surface area (Å²) in [4.78, 5) is 20.9. The van der Waals surface area contributed by atoms with Gasteiger partial charge < -0.3 is 10.2 Å². The van der Waals surface area contributed by atoms with Gasteiger partial charge in [-0.3, -0.25) is 9.69 Å². The highest BCUT2D eigenvalue weighted by Crippen LogP contribution is 2.13. The number of carbonyl (C=O) groups is 1. The van der Waals surface area contributed by atoms with E-state index in [1.54, 1.807) is 0 Å². The second-order valence-corrected chi connectivity index (χ2v) is 5.18. The highest BCUT2D eigenvalue weighted by molar-refractivity contribution is 5.81. The average molecular weight is 276 g/mol. The maximum Gasteiger partial charge on any atom is 0.237 e. The van der Waals surface area contributed by atoms with E-state index in [4.69, 9.17) is 0 Å². The molecule has 0 aliphatic carbocycles. The van der Waals surface area contributed by atoms with Crippen molar-refractivity contribution in [3.8, 4) is 0 Å². The van der Waals surface area contributed by atoms with Crippen LogP contribution in [0.5, 0.6) is 0 Å². The summed E-state index contributed by atoms with van der Waals surface area (Å²) < 4.78 is 0. The molecule has 0 aromatic carbocycles. The molecule has 5 heteroatoms. The van der Waals surface area contributed by atoms with Gasteiger partial charge in [0.2, 0.25) is 5.91 Å². The third kappa shape index (κ3) is 3.70. The third-order valence-corrected chi connectivity index (χ3v) is 3.76. The Hall–Kier alpha value is -1.62. The minimum absolute atomic E-state index is 0.0487. The highest BCUT2D eigenvalue weighted by Gasteiger charge is 2.25. The van der Waals surface area contributed by atoms with Gasteiger partial charge in [0.05, 0.1) is 6.04 Å². The van der Waals surface area contributed by atoms with Crippen LogP contribution in [-0.2, 0) is 4.79 Å². The summed E-state index contributed by atoms with van der Waals surface area (Å²) in [7, 11) is 0. The summed E-state index contributed by atoms with van der Waals surface area (Å²) in [6.45, 7) is 8.45. The SMILES string of the molecule is CCCNC(=O)C(C)N1CCN(c2ccccn2)CC1. The van der Waals surface area contributed by atoms with Crippen molar-refractivity contribution in [3.05, 3.63) is 24.4 Å². The van der Waals surface area contributed by atoms with E-state index in [-0.39, 0.29) is 11.9 Å². The number of pyridine rings is 1. The first-order chi connectivity index (χ1) is 9.72. The first-order valence-corrected chi connectivity index (χ1v) is 7.40. The van der Waals surface area contributed by atoms with Crippen LogP contribution in [0.1, 0.15) is 20.3 Å². The van der Waals surface area contributed by atoms with Gasteiger partial charge in [0, 0.05) is 38.9 Å². The van der Waals surface area contributed by atoms with Gasteiger partial charge in [-0.1, -0.05) is 13.0 Å². The van der Waals surface area contributed by atoms with Gasteiger partial charge >= 0.3 is 0 Å². The predicted molar refractivity (Wildman–Crippen MR) is 80.8 cm³/mol. The number of nitrogens with one attached hydrogen (secondary N) is 1. The number of hydrogen-bond donors (Lipinski definition) is 1. The monoisotopic (exact) mass is 276 g/mol. The molecule has 0 spiro atoms. The van der Waals surface area contributed by atoms with Crippen LogP contribution in [0.4, 0.5) is 5.82 Å². The van der Waals surface area contributed by atoms with Crippen molar-refractivity contribution in [2.24, 2.45) is 0 Å². The molecule has 2 rings (SSSR count). The summed E-state index contributed by atoms with van der Waals surface area (Å²) in [6, 6.07) is 5.93. The molecule has 0 saturated carbocycles. The number of hydrogen-bond acceptors (Lipinski definition) is 4. The fourth-order valence-corrected chi connectivity index (χ4v) is 2.44. The van der Waals surface area contributed by atoms with Crippen molar-refractivity contribution < 1.29 is 4.79 Å². The van der Waals surface area contributed by atoms with Crippen molar-refractivity contribution in [1.29, 1.82) is 0 Å². The van der Waals surface area contributed by atoms with Gasteiger partial charge in [-0.15, -0.1) is 0 Å². The lowest BCUT2D eigenvalue weighted by atomic mass is 10.2. The van der Waals surface area contributed by atoms with E-state index in [1.165, 1.54) is 0 Å². The number of nitrogens with zero attached hydrogens (tertiary/aromatic N) is 3. The molecule has 2 heterocycles. The molecule has 1 atom stereocenters. The molecule has 0 bridgehead atoms. The van der Waals surface area contributed by atoms with Crippen LogP contribution in [0.15, 0.2) is 24.4 Å². The molecule has 1 unspecified atom stereocenters. The van der Waals surface area contributed by atoms with Gasteiger partial charge in [0.25, 0.3) is 0 Å². The number of piperazine rings is 1. The lowest BCUT2D eigenvalue weighted by Gasteiger charge is -2.37. The molecular weight excluding hydrogens is 252 g/mol. The van der Waals surface area contributed by atoms with Crippen LogP contribution in [0, 0.1) is 0 Å². The Morgan fingerprint density at radius 2 is 2.10 bits per heavy atom. The van der Waals surface area contributed by atoms with Crippen LogP contribution in [0.3, 0.4) is 0 Å². The predicted octanol–water partition coefficient (Wildman–Crippen LogP) is 1.12. The Morgan fingerprint density at radius 3 is 2.70 bits per heavy atom. The van der Waals surface area contributed by atoms with E-state index in [0.717, 1.165) is 45.0 Å². The highest BCUT2D eigenvalue weighted by atomic mass is 16.2. The zero-order chi connectivity index (χ0) is 14.4. The average Bonchev–Trinajstić information content (AvgIpc) is 2.53. The Labute approximate surface area is 121 Å². The maximum absolute atomic E-state index is 12.0. The second-order valence-electron chi connectivity index (χ2n) is 5.18. The topological polar surface area (TPSA) is 48.5 Å². The number of rotatable bonds is 5. The van der Waals surface area contributed by atoms with Crippen molar-refractivity contribution in [1.82, 2.24) is 15.2 Å². The first kappa shape index (κ1) is 14.8. The molecule has 1 fully saturated rings. The van der Waals surface area contributed by atoms with Crippen LogP contribution in [0.25, 0.3) is 0 Å². The molecule has 5 nitrogen and oxygen atoms in total. The molecule has 110 valence electrons. The fourth-order valence-electron chi connectivity index (χ4n) is 2.44. The van der Waals surface area contributed by atoms with Crippen molar-refractivity contribution in [2.75, 3.05) is 37.6 Å². The quantitative estimate of drug-likeness (QED) is 0.875. The van der Waals surface area contributed by atoms with E-state index in [0.29, 0.717) is 0 Å². The van der Waals surface area contributed by atoms with Crippen molar-refractivity contribution >= 4 is 11.7 Å². The van der Waals surface area contributed by atoms with Gasteiger partial charge in [0.1, 0.15) is 5.82 Å². The minimum Gasteiger partial charge on any atom is -0.355 e. The van der Waals surface area contributed by atoms with E-state index in [2.05, 4.69) is 27.0 Å². The first-order valence-electron chi connectivity index (χ1n) is 7.40. The molecule has 0 radical (unpaired) electrons. The normalized spacial score (nSPS) is 17.8. The van der Waals surface area contributed by atoms with E-state index >= 15 is 0 Å². The number of aromatic nitrogens is 1.